The van der Waals surface area contributed by atoms with Gasteiger partial charge >= 0.3 is 0 Å². The number of piperidine rings is 1. The molecule has 2 nitrogen and oxygen atoms in total. The molecule has 0 saturated carbocycles. The van der Waals surface area contributed by atoms with E-state index in [1.165, 1.54) is 51.0 Å². The predicted molar refractivity (Wildman–Crippen MR) is 77.6 cm³/mol. The van der Waals surface area contributed by atoms with Crippen molar-refractivity contribution in [2.75, 3.05) is 26.2 Å². The number of benzene rings is 1. The fraction of sp³-hybridized carbons (Fsp3) is 0.625. The number of hydrogen-bond donors (Lipinski definition) is 1. The van der Waals surface area contributed by atoms with Gasteiger partial charge in [0.2, 0.25) is 0 Å². The van der Waals surface area contributed by atoms with E-state index in [-0.39, 0.29) is 5.82 Å². The number of likely N-dealkylation sites (tertiary alicyclic amines) is 1. The van der Waals surface area contributed by atoms with Gasteiger partial charge in [-0.3, -0.25) is 0 Å². The van der Waals surface area contributed by atoms with Crippen LogP contribution in [-0.4, -0.2) is 31.1 Å². The Morgan fingerprint density at radius 3 is 2.53 bits per heavy atom. The molecule has 0 amide bonds. The molecule has 1 N–H and O–H groups in total. The minimum atomic E-state index is -0.165. The van der Waals surface area contributed by atoms with E-state index in [9.17, 15) is 4.39 Å². The Hall–Kier alpha value is -0.930. The van der Waals surface area contributed by atoms with Crippen molar-refractivity contribution in [1.29, 1.82) is 0 Å². The Kier molecular flexibility index (Phi) is 5.80. The first kappa shape index (κ1) is 14.5. The number of nitrogens with zero attached hydrogens (tertiary/aromatic N) is 1. The highest BCUT2D eigenvalue weighted by atomic mass is 19.1. The predicted octanol–water partition coefficient (Wildman–Crippen LogP) is 3.04. The molecule has 106 valence electrons. The Morgan fingerprint density at radius 1 is 1.16 bits per heavy atom. The lowest BCUT2D eigenvalue weighted by atomic mass is 10.1. The van der Waals surface area contributed by atoms with Crippen molar-refractivity contribution in [3.8, 4) is 0 Å². The summed E-state index contributed by atoms with van der Waals surface area (Å²) in [5.74, 6) is 0.501. The molecular formula is C16H25FN2. The fourth-order valence-electron chi connectivity index (χ4n) is 2.71. The summed E-state index contributed by atoms with van der Waals surface area (Å²) in [5, 5.41) is 3.46. The molecule has 0 aromatic heterocycles. The molecule has 0 bridgehead atoms. The quantitative estimate of drug-likeness (QED) is 0.849. The summed E-state index contributed by atoms with van der Waals surface area (Å²) in [6, 6.07) is 6.73. The summed E-state index contributed by atoms with van der Waals surface area (Å²) < 4.78 is 12.8. The second kappa shape index (κ2) is 7.61. The van der Waals surface area contributed by atoms with E-state index in [0.717, 1.165) is 18.7 Å². The van der Waals surface area contributed by atoms with E-state index in [0.29, 0.717) is 5.92 Å². The van der Waals surface area contributed by atoms with E-state index < -0.39 is 0 Å². The molecule has 1 aromatic carbocycles. The van der Waals surface area contributed by atoms with Crippen molar-refractivity contribution in [3.05, 3.63) is 35.6 Å². The molecule has 1 fully saturated rings. The largest absolute Gasteiger partial charge is 0.312 e. The van der Waals surface area contributed by atoms with Crippen LogP contribution in [0.15, 0.2) is 24.3 Å². The number of halogens is 1. The average Bonchev–Trinajstić information content (AvgIpc) is 2.42. The van der Waals surface area contributed by atoms with Gasteiger partial charge in [0.1, 0.15) is 5.82 Å². The summed E-state index contributed by atoms with van der Waals surface area (Å²) in [7, 11) is 0. The van der Waals surface area contributed by atoms with Crippen molar-refractivity contribution >= 4 is 0 Å². The zero-order valence-electron chi connectivity index (χ0n) is 11.9. The van der Waals surface area contributed by atoms with Gasteiger partial charge in [-0.2, -0.15) is 0 Å². The zero-order valence-corrected chi connectivity index (χ0v) is 11.9. The van der Waals surface area contributed by atoms with Crippen LogP contribution in [-0.2, 0) is 6.54 Å². The first-order valence-electron chi connectivity index (χ1n) is 7.41. The van der Waals surface area contributed by atoms with Crippen LogP contribution in [0.5, 0.6) is 0 Å². The second-order valence-electron chi connectivity index (χ2n) is 5.72. The average molecular weight is 264 g/mol. The molecule has 19 heavy (non-hydrogen) atoms. The summed E-state index contributed by atoms with van der Waals surface area (Å²) >= 11 is 0. The minimum Gasteiger partial charge on any atom is -0.312 e. The third kappa shape index (κ3) is 5.29. The smallest absolute Gasteiger partial charge is 0.123 e. The van der Waals surface area contributed by atoms with E-state index in [1.54, 1.807) is 0 Å². The summed E-state index contributed by atoms with van der Waals surface area (Å²) in [6.07, 6.45) is 4.11. The van der Waals surface area contributed by atoms with Crippen LogP contribution in [0, 0.1) is 11.7 Å². The molecular weight excluding hydrogens is 239 g/mol. The lowest BCUT2D eigenvalue weighted by molar-refractivity contribution is 0.199. The van der Waals surface area contributed by atoms with Crippen molar-refractivity contribution < 1.29 is 4.39 Å². The van der Waals surface area contributed by atoms with Gasteiger partial charge in [-0.1, -0.05) is 25.5 Å². The molecule has 1 saturated heterocycles. The molecule has 0 aliphatic carbocycles. The molecule has 3 heteroatoms. The van der Waals surface area contributed by atoms with Gasteiger partial charge in [-0.05, 0) is 56.1 Å². The van der Waals surface area contributed by atoms with E-state index >= 15 is 0 Å². The first-order valence-corrected chi connectivity index (χ1v) is 7.41. The van der Waals surface area contributed by atoms with Gasteiger partial charge in [0, 0.05) is 13.1 Å². The molecule has 1 unspecified atom stereocenters. The number of hydrogen-bond acceptors (Lipinski definition) is 2. The van der Waals surface area contributed by atoms with Gasteiger partial charge in [0.05, 0.1) is 0 Å². The van der Waals surface area contributed by atoms with Crippen molar-refractivity contribution in [2.24, 2.45) is 5.92 Å². The normalized spacial score (nSPS) is 18.4. The molecule has 2 rings (SSSR count). The van der Waals surface area contributed by atoms with Crippen molar-refractivity contribution in [2.45, 2.75) is 32.7 Å². The highest BCUT2D eigenvalue weighted by Crippen LogP contribution is 2.10. The van der Waals surface area contributed by atoms with Crippen molar-refractivity contribution in [1.82, 2.24) is 10.2 Å². The molecule has 1 heterocycles. The van der Waals surface area contributed by atoms with Gasteiger partial charge in [-0.15, -0.1) is 0 Å². The van der Waals surface area contributed by atoms with E-state index in [2.05, 4.69) is 17.1 Å². The van der Waals surface area contributed by atoms with Crippen LogP contribution in [0.25, 0.3) is 0 Å². The maximum Gasteiger partial charge on any atom is 0.123 e. The fourth-order valence-corrected chi connectivity index (χ4v) is 2.71. The van der Waals surface area contributed by atoms with Gasteiger partial charge in [0.15, 0.2) is 0 Å². The zero-order chi connectivity index (χ0) is 13.5. The standard InChI is InChI=1S/C16H25FN2/c1-14(13-19-9-3-2-4-10-19)11-18-12-15-5-7-16(17)8-6-15/h5-8,14,18H,2-4,9-13H2,1H3. The number of nitrogens with one attached hydrogen (secondary N) is 1. The van der Waals surface area contributed by atoms with Crippen LogP contribution in [0.1, 0.15) is 31.7 Å². The molecule has 1 aromatic rings. The Labute approximate surface area is 116 Å². The molecule has 1 aliphatic heterocycles. The third-order valence-corrected chi connectivity index (χ3v) is 3.75. The molecule has 0 radical (unpaired) electrons. The SMILES string of the molecule is CC(CNCc1ccc(F)cc1)CN1CCCCC1. The lowest BCUT2D eigenvalue weighted by Crippen LogP contribution is -2.36. The van der Waals surface area contributed by atoms with Crippen LogP contribution in [0.2, 0.25) is 0 Å². The van der Waals surface area contributed by atoms with Crippen LogP contribution < -0.4 is 5.32 Å². The molecule has 1 atom stereocenters. The van der Waals surface area contributed by atoms with Crippen molar-refractivity contribution in [3.63, 3.8) is 0 Å². The van der Waals surface area contributed by atoms with Gasteiger partial charge in [0.25, 0.3) is 0 Å². The van der Waals surface area contributed by atoms with Gasteiger partial charge < -0.3 is 10.2 Å². The van der Waals surface area contributed by atoms with Gasteiger partial charge in [-0.25, -0.2) is 4.39 Å². The van der Waals surface area contributed by atoms with Crippen LogP contribution in [0.4, 0.5) is 4.39 Å². The van der Waals surface area contributed by atoms with Crippen LogP contribution >= 0.6 is 0 Å². The third-order valence-electron chi connectivity index (χ3n) is 3.75. The lowest BCUT2D eigenvalue weighted by Gasteiger charge is -2.29. The summed E-state index contributed by atoms with van der Waals surface area (Å²) in [6.45, 7) is 7.87. The summed E-state index contributed by atoms with van der Waals surface area (Å²) in [5.41, 5.74) is 1.14. The maximum atomic E-state index is 12.8. The monoisotopic (exact) mass is 264 g/mol. The molecule has 1 aliphatic rings. The maximum absolute atomic E-state index is 12.8. The topological polar surface area (TPSA) is 15.3 Å². The first-order chi connectivity index (χ1) is 9.24. The summed E-state index contributed by atoms with van der Waals surface area (Å²) in [4.78, 5) is 2.58. The second-order valence-corrected chi connectivity index (χ2v) is 5.72. The number of rotatable bonds is 6. The Balaban J connectivity index is 1.63. The minimum absolute atomic E-state index is 0.165. The Morgan fingerprint density at radius 2 is 1.84 bits per heavy atom. The molecule has 0 spiro atoms. The Bertz CT molecular complexity index is 358. The van der Waals surface area contributed by atoms with Crippen LogP contribution in [0.3, 0.4) is 0 Å². The van der Waals surface area contributed by atoms with E-state index in [4.69, 9.17) is 0 Å². The van der Waals surface area contributed by atoms with E-state index in [1.807, 2.05) is 12.1 Å². The highest BCUT2D eigenvalue weighted by Gasteiger charge is 2.12. The highest BCUT2D eigenvalue weighted by molar-refractivity contribution is 5.15.